The normalized spacial score (nSPS) is 9.93. The van der Waals surface area contributed by atoms with E-state index in [4.69, 9.17) is 4.74 Å². The van der Waals surface area contributed by atoms with Crippen LogP contribution >= 0.6 is 31.9 Å². The molecule has 0 heterocycles. The van der Waals surface area contributed by atoms with E-state index in [1.807, 2.05) is 6.07 Å². The first kappa shape index (κ1) is 11.5. The minimum Gasteiger partial charge on any atom is -0.423 e. The molecule has 0 spiro atoms. The summed E-state index contributed by atoms with van der Waals surface area (Å²) in [6.07, 6.45) is 0. The van der Waals surface area contributed by atoms with Gasteiger partial charge in [-0.2, -0.15) is 0 Å². The minimum absolute atomic E-state index is 0.258. The maximum absolute atomic E-state index is 11.4. The summed E-state index contributed by atoms with van der Waals surface area (Å²) in [6.45, 7) is 3.58. The van der Waals surface area contributed by atoms with Gasteiger partial charge < -0.3 is 4.74 Å². The fraction of sp³-hybridized carbons (Fsp3) is 0.100. The molecule has 1 aromatic rings. The summed E-state index contributed by atoms with van der Waals surface area (Å²) >= 11 is 6.34. The molecule has 4 heteroatoms. The maximum atomic E-state index is 11.4. The monoisotopic (exact) mass is 318 g/mol. The summed E-state index contributed by atoms with van der Waals surface area (Å²) in [5.74, 6) is 0.0641. The molecule has 0 aliphatic rings. The Morgan fingerprint density at radius 2 is 1.86 bits per heavy atom. The van der Waals surface area contributed by atoms with Crippen LogP contribution in [0.4, 0.5) is 0 Å². The van der Waals surface area contributed by atoms with Gasteiger partial charge in [0.2, 0.25) is 0 Å². The molecular formula is C10H8Br2O2. The maximum Gasteiger partial charge on any atom is 0.340 e. The number of esters is 1. The van der Waals surface area contributed by atoms with Gasteiger partial charge in [0.05, 0.1) is 5.57 Å². The number of carbonyl (C=O) groups excluding carboxylic acids is 1. The quantitative estimate of drug-likeness (QED) is 0.370. The van der Waals surface area contributed by atoms with E-state index in [1.165, 1.54) is 0 Å². The average molecular weight is 320 g/mol. The highest BCUT2D eigenvalue weighted by atomic mass is 79.9. The molecule has 0 aromatic heterocycles. The van der Waals surface area contributed by atoms with Gasteiger partial charge in [-0.05, 0) is 12.1 Å². The van der Waals surface area contributed by atoms with Gasteiger partial charge >= 0.3 is 5.97 Å². The SMILES string of the molecule is C=C(C(=O)Oc1ccccc1)C(Br)Br. The summed E-state index contributed by atoms with van der Waals surface area (Å²) in [6, 6.07) is 8.87. The molecule has 14 heavy (non-hydrogen) atoms. The Bertz CT molecular complexity index is 333. The summed E-state index contributed by atoms with van der Waals surface area (Å²) in [7, 11) is 0. The highest BCUT2D eigenvalue weighted by Crippen LogP contribution is 2.19. The van der Waals surface area contributed by atoms with Crippen molar-refractivity contribution in [2.45, 2.75) is 3.74 Å². The highest BCUT2D eigenvalue weighted by molar-refractivity contribution is 9.24. The molecule has 0 fully saturated rings. The van der Waals surface area contributed by atoms with E-state index in [0.29, 0.717) is 11.3 Å². The molecule has 0 N–H and O–H groups in total. The van der Waals surface area contributed by atoms with Crippen LogP contribution in [0.15, 0.2) is 42.5 Å². The van der Waals surface area contributed by atoms with Gasteiger partial charge in [0, 0.05) is 0 Å². The zero-order valence-corrected chi connectivity index (χ0v) is 10.4. The molecule has 0 saturated heterocycles. The molecule has 2 nitrogen and oxygen atoms in total. The van der Waals surface area contributed by atoms with Gasteiger partial charge in [0.1, 0.15) is 9.49 Å². The second-order valence-corrected chi connectivity index (χ2v) is 5.59. The van der Waals surface area contributed by atoms with Crippen molar-refractivity contribution in [1.29, 1.82) is 0 Å². The predicted octanol–water partition coefficient (Wildman–Crippen LogP) is 3.26. The lowest BCUT2D eigenvalue weighted by Gasteiger charge is -2.06. The zero-order chi connectivity index (χ0) is 10.6. The van der Waals surface area contributed by atoms with Crippen molar-refractivity contribution < 1.29 is 9.53 Å². The molecule has 0 unspecified atom stereocenters. The molecule has 0 amide bonds. The number of para-hydroxylation sites is 1. The molecule has 1 rings (SSSR count). The highest BCUT2D eigenvalue weighted by Gasteiger charge is 2.15. The van der Waals surface area contributed by atoms with Crippen molar-refractivity contribution in [1.82, 2.24) is 0 Å². The number of halogens is 2. The van der Waals surface area contributed by atoms with E-state index in [-0.39, 0.29) is 3.74 Å². The Balaban J connectivity index is 2.63. The molecule has 0 atom stereocenters. The van der Waals surface area contributed by atoms with E-state index in [0.717, 1.165) is 0 Å². The van der Waals surface area contributed by atoms with E-state index in [9.17, 15) is 4.79 Å². The molecule has 0 aliphatic heterocycles. The lowest BCUT2D eigenvalue weighted by molar-refractivity contribution is -0.130. The average Bonchev–Trinajstić information content (AvgIpc) is 2.18. The number of rotatable bonds is 3. The lowest BCUT2D eigenvalue weighted by atomic mass is 10.3. The second kappa shape index (κ2) is 5.32. The van der Waals surface area contributed by atoms with Gasteiger partial charge in [-0.3, -0.25) is 0 Å². The van der Waals surface area contributed by atoms with Crippen molar-refractivity contribution in [3.05, 3.63) is 42.5 Å². The molecule has 0 bridgehead atoms. The standard InChI is InChI=1S/C10H8Br2O2/c1-7(9(11)12)10(13)14-8-5-3-2-4-6-8/h2-6,9H,1H2. The Morgan fingerprint density at radius 3 is 2.36 bits per heavy atom. The Hall–Kier alpha value is -0.610. The number of benzene rings is 1. The Kier molecular flexibility index (Phi) is 4.35. The number of alkyl halides is 2. The van der Waals surface area contributed by atoms with Crippen LogP contribution in [-0.2, 0) is 4.79 Å². The van der Waals surface area contributed by atoms with Crippen molar-refractivity contribution in [3.63, 3.8) is 0 Å². The van der Waals surface area contributed by atoms with E-state index in [2.05, 4.69) is 38.4 Å². The van der Waals surface area contributed by atoms with E-state index in [1.54, 1.807) is 24.3 Å². The topological polar surface area (TPSA) is 26.3 Å². The van der Waals surface area contributed by atoms with Gasteiger partial charge in [0.25, 0.3) is 0 Å². The van der Waals surface area contributed by atoms with Gasteiger partial charge in [-0.15, -0.1) is 0 Å². The summed E-state index contributed by atoms with van der Waals surface area (Å²) in [4.78, 5) is 11.4. The summed E-state index contributed by atoms with van der Waals surface area (Å²) in [5.41, 5.74) is 0.328. The van der Waals surface area contributed by atoms with Crippen LogP contribution in [-0.4, -0.2) is 9.71 Å². The Morgan fingerprint density at radius 1 is 1.29 bits per heavy atom. The van der Waals surface area contributed by atoms with Gasteiger partial charge in [-0.1, -0.05) is 56.6 Å². The molecular weight excluding hydrogens is 312 g/mol. The van der Waals surface area contributed by atoms with Gasteiger partial charge in [0.15, 0.2) is 0 Å². The summed E-state index contributed by atoms with van der Waals surface area (Å²) in [5, 5.41) is 0. The third-order valence-corrected chi connectivity index (χ3v) is 2.58. The fourth-order valence-corrected chi connectivity index (χ4v) is 1.12. The first-order valence-electron chi connectivity index (χ1n) is 3.85. The van der Waals surface area contributed by atoms with Crippen molar-refractivity contribution in [3.8, 4) is 5.75 Å². The predicted molar refractivity (Wildman–Crippen MR) is 62.9 cm³/mol. The lowest BCUT2D eigenvalue weighted by Crippen LogP contribution is -2.14. The van der Waals surface area contributed by atoms with Crippen LogP contribution in [0.1, 0.15) is 0 Å². The smallest absolute Gasteiger partial charge is 0.340 e. The van der Waals surface area contributed by atoms with Crippen molar-refractivity contribution in [2.24, 2.45) is 0 Å². The van der Waals surface area contributed by atoms with Crippen LogP contribution in [0.3, 0.4) is 0 Å². The van der Waals surface area contributed by atoms with E-state index >= 15 is 0 Å². The fourth-order valence-electron chi connectivity index (χ4n) is 0.750. The largest absolute Gasteiger partial charge is 0.423 e. The number of ether oxygens (including phenoxy) is 1. The third kappa shape index (κ3) is 3.27. The number of hydrogen-bond donors (Lipinski definition) is 0. The first-order valence-corrected chi connectivity index (χ1v) is 5.68. The molecule has 0 saturated carbocycles. The first-order chi connectivity index (χ1) is 6.61. The molecule has 0 radical (unpaired) electrons. The van der Waals surface area contributed by atoms with Crippen LogP contribution in [0, 0.1) is 0 Å². The minimum atomic E-state index is -0.449. The zero-order valence-electron chi connectivity index (χ0n) is 7.24. The summed E-state index contributed by atoms with van der Waals surface area (Å²) < 4.78 is 4.78. The van der Waals surface area contributed by atoms with Crippen molar-refractivity contribution in [2.75, 3.05) is 0 Å². The Labute approximate surface area is 99.2 Å². The second-order valence-electron chi connectivity index (χ2n) is 2.53. The van der Waals surface area contributed by atoms with Gasteiger partial charge in [-0.25, -0.2) is 4.79 Å². The van der Waals surface area contributed by atoms with Crippen LogP contribution in [0.25, 0.3) is 0 Å². The molecule has 0 aliphatic carbocycles. The van der Waals surface area contributed by atoms with Crippen LogP contribution in [0.5, 0.6) is 5.75 Å². The van der Waals surface area contributed by atoms with Crippen molar-refractivity contribution >= 4 is 37.8 Å². The molecule has 74 valence electrons. The van der Waals surface area contributed by atoms with Crippen LogP contribution in [0.2, 0.25) is 0 Å². The molecule has 1 aromatic carbocycles. The number of carbonyl (C=O) groups is 1. The van der Waals surface area contributed by atoms with E-state index < -0.39 is 5.97 Å². The van der Waals surface area contributed by atoms with Crippen LogP contribution < -0.4 is 4.74 Å². The third-order valence-electron chi connectivity index (χ3n) is 1.48. The number of hydrogen-bond acceptors (Lipinski definition) is 2.